The average molecular weight is 685 g/mol. The number of pyridine rings is 1. The Labute approximate surface area is 289 Å². The van der Waals surface area contributed by atoms with Crippen LogP contribution < -0.4 is 36.3 Å². The Bertz CT molecular complexity index is 1890. The first-order valence-corrected chi connectivity index (χ1v) is 16.9. The van der Waals surface area contributed by atoms with Gasteiger partial charge in [-0.15, -0.1) is 0 Å². The van der Waals surface area contributed by atoms with Gasteiger partial charge in [0.25, 0.3) is 5.56 Å². The topological polar surface area (TPSA) is 172 Å². The molecule has 2 aliphatic rings. The van der Waals surface area contributed by atoms with E-state index in [1.807, 2.05) is 24.3 Å². The van der Waals surface area contributed by atoms with Crippen molar-refractivity contribution in [1.82, 2.24) is 35.6 Å². The maximum absolute atomic E-state index is 12.7. The molecular weight excluding hydrogens is 640 g/mol. The van der Waals surface area contributed by atoms with Crippen LogP contribution in [0.1, 0.15) is 42.7 Å². The van der Waals surface area contributed by atoms with Gasteiger partial charge in [-0.2, -0.15) is 5.10 Å². The number of nitrogens with one attached hydrogen (secondary N) is 5. The molecule has 2 fully saturated rings. The van der Waals surface area contributed by atoms with E-state index in [0.717, 1.165) is 54.9 Å². The number of nitrogens with zero attached hydrogens (tertiary/aromatic N) is 3. The number of aryl methyl sites for hydroxylation is 1. The molecule has 14 nitrogen and oxygen atoms in total. The van der Waals surface area contributed by atoms with Crippen molar-refractivity contribution in [1.29, 1.82) is 0 Å². The van der Waals surface area contributed by atoms with Gasteiger partial charge < -0.3 is 34.9 Å². The predicted molar refractivity (Wildman–Crippen MR) is 189 cm³/mol. The molecule has 6 rings (SSSR count). The Morgan fingerprint density at radius 3 is 2.42 bits per heavy atom. The van der Waals surface area contributed by atoms with Gasteiger partial charge in [0.1, 0.15) is 23.1 Å². The van der Waals surface area contributed by atoms with Crippen molar-refractivity contribution in [3.8, 4) is 22.6 Å². The lowest BCUT2D eigenvalue weighted by molar-refractivity contribution is -0.133. The highest BCUT2D eigenvalue weighted by Gasteiger charge is 2.27. The van der Waals surface area contributed by atoms with Crippen LogP contribution in [0.2, 0.25) is 0 Å². The second kappa shape index (κ2) is 15.6. The minimum atomic E-state index is -0.391. The molecule has 0 aliphatic carbocycles. The molecule has 264 valence electrons. The number of likely N-dealkylation sites (tertiary alicyclic amines) is 1. The van der Waals surface area contributed by atoms with E-state index < -0.39 is 6.04 Å². The van der Waals surface area contributed by atoms with E-state index >= 15 is 0 Å². The molecule has 4 aromatic rings. The minimum absolute atomic E-state index is 0.0898. The van der Waals surface area contributed by atoms with Crippen molar-refractivity contribution in [2.45, 2.75) is 44.2 Å². The van der Waals surface area contributed by atoms with Crippen molar-refractivity contribution in [3.63, 3.8) is 0 Å². The smallest absolute Gasteiger partial charge is 0.276 e. The summed E-state index contributed by atoms with van der Waals surface area (Å²) in [6.45, 7) is 3.75. The molecule has 3 amide bonds. The van der Waals surface area contributed by atoms with Crippen LogP contribution in [0.15, 0.2) is 53.6 Å². The Kier molecular flexibility index (Phi) is 10.8. The normalized spacial score (nSPS) is 17.1. The first-order valence-electron chi connectivity index (χ1n) is 16.9. The number of benzene rings is 2. The second-order valence-corrected chi connectivity index (χ2v) is 12.8. The molecule has 0 radical (unpaired) electrons. The summed E-state index contributed by atoms with van der Waals surface area (Å²) < 4.78 is 13.0. The molecule has 50 heavy (non-hydrogen) atoms. The zero-order chi connectivity index (χ0) is 35.2. The number of piperidine rings is 2. The fraction of sp³-hybridized carbons (Fsp3) is 0.417. The average Bonchev–Trinajstić information content (AvgIpc) is 3.62. The van der Waals surface area contributed by atoms with Crippen LogP contribution in [0.4, 0.5) is 5.69 Å². The van der Waals surface area contributed by atoms with E-state index in [-0.39, 0.29) is 29.8 Å². The molecule has 2 aliphatic heterocycles. The van der Waals surface area contributed by atoms with E-state index in [1.165, 1.54) is 10.1 Å². The van der Waals surface area contributed by atoms with Gasteiger partial charge >= 0.3 is 0 Å². The number of hydrogen-bond donors (Lipinski definition) is 5. The molecule has 2 saturated heterocycles. The molecule has 0 unspecified atom stereocenters. The molecule has 4 heterocycles. The number of carbonyl (C=O) groups excluding carboxylic acids is 3. The number of amides is 3. The minimum Gasteiger partial charge on any atom is -0.496 e. The van der Waals surface area contributed by atoms with E-state index in [0.29, 0.717) is 54.3 Å². The van der Waals surface area contributed by atoms with Crippen LogP contribution in [-0.2, 0) is 28.0 Å². The number of methoxy groups -OCH3 is 2. The van der Waals surface area contributed by atoms with Crippen molar-refractivity contribution < 1.29 is 23.9 Å². The number of anilines is 1. The first-order chi connectivity index (χ1) is 24.2. The quantitative estimate of drug-likeness (QED) is 0.132. The third-order valence-electron chi connectivity index (χ3n) is 9.59. The van der Waals surface area contributed by atoms with Gasteiger partial charge in [0.15, 0.2) is 0 Å². The molecule has 2 aromatic carbocycles. The van der Waals surface area contributed by atoms with Crippen LogP contribution in [-0.4, -0.2) is 90.4 Å². The Morgan fingerprint density at radius 1 is 1.02 bits per heavy atom. The molecule has 5 N–H and O–H groups in total. The SMILES string of the molecule is COc1cc(-c2cn(C)c(=O)c3[nH]ncc23)cc(OC)c1CNCC(=O)NCCN1CCC(c2ccc(N[C@H]3CCC(=O)NC3=O)cc2)CC1. The third kappa shape index (κ3) is 7.81. The summed E-state index contributed by atoms with van der Waals surface area (Å²) in [5.41, 5.74) is 4.82. The van der Waals surface area contributed by atoms with Gasteiger partial charge in [0.2, 0.25) is 17.7 Å². The number of carbonyl (C=O) groups is 3. The Hall–Kier alpha value is -5.21. The molecule has 1 atom stereocenters. The highest BCUT2D eigenvalue weighted by Crippen LogP contribution is 2.37. The zero-order valence-corrected chi connectivity index (χ0v) is 28.6. The van der Waals surface area contributed by atoms with Crippen molar-refractivity contribution in [2.75, 3.05) is 52.3 Å². The summed E-state index contributed by atoms with van der Waals surface area (Å²) in [5, 5.41) is 19.4. The number of aromatic amines is 1. The van der Waals surface area contributed by atoms with E-state index in [2.05, 4.69) is 48.5 Å². The summed E-state index contributed by atoms with van der Waals surface area (Å²) in [5.74, 6) is 1.08. The maximum atomic E-state index is 12.7. The molecule has 14 heteroatoms. The highest BCUT2D eigenvalue weighted by atomic mass is 16.5. The molecule has 0 spiro atoms. The van der Waals surface area contributed by atoms with Crippen molar-refractivity contribution >= 4 is 34.3 Å². The number of hydrogen-bond acceptors (Lipinski definition) is 10. The van der Waals surface area contributed by atoms with Gasteiger partial charge in [-0.25, -0.2) is 0 Å². The van der Waals surface area contributed by atoms with Crippen molar-refractivity contribution in [2.24, 2.45) is 7.05 Å². The monoisotopic (exact) mass is 684 g/mol. The van der Waals surface area contributed by atoms with Gasteiger partial charge in [-0.1, -0.05) is 12.1 Å². The fourth-order valence-electron chi connectivity index (χ4n) is 6.79. The van der Waals surface area contributed by atoms with Gasteiger partial charge in [-0.05, 0) is 73.7 Å². The van der Waals surface area contributed by atoms with Gasteiger partial charge in [-0.3, -0.25) is 29.6 Å². The summed E-state index contributed by atoms with van der Waals surface area (Å²) in [7, 11) is 4.87. The maximum Gasteiger partial charge on any atom is 0.276 e. The largest absolute Gasteiger partial charge is 0.496 e. The number of fused-ring (bicyclic) bond motifs is 1. The van der Waals surface area contributed by atoms with Crippen LogP contribution in [0.25, 0.3) is 22.0 Å². The summed E-state index contributed by atoms with van der Waals surface area (Å²) in [6, 6.07) is 11.6. The number of aromatic nitrogens is 3. The summed E-state index contributed by atoms with van der Waals surface area (Å²) in [4.78, 5) is 51.0. The summed E-state index contributed by atoms with van der Waals surface area (Å²) in [6.07, 6.45) is 6.32. The lowest BCUT2D eigenvalue weighted by Gasteiger charge is -2.32. The van der Waals surface area contributed by atoms with Crippen molar-refractivity contribution in [3.05, 3.63) is 70.3 Å². The second-order valence-electron chi connectivity index (χ2n) is 12.8. The van der Waals surface area contributed by atoms with E-state index in [4.69, 9.17) is 9.47 Å². The van der Waals surface area contributed by atoms with Crippen LogP contribution in [0, 0.1) is 0 Å². The standard InChI is InChI=1S/C36H44N8O6/c1-43-21-28(26-19-39-42-34(26)36(43)48)24-16-30(49-2)27(31(17-24)50-3)18-37-20-33(46)38-12-15-44-13-10-23(11-14-44)22-4-6-25(7-5-22)40-29-8-9-32(45)41-35(29)47/h4-7,16-17,19,21,23,29,37,40H,8-15,18,20H2,1-3H3,(H,38,46)(H,39,42)(H,41,45,47)/t29-/m0/s1. The number of H-pyrrole nitrogens is 1. The Balaban J connectivity index is 0.939. The molecule has 2 aromatic heterocycles. The number of imide groups is 1. The first kappa shape index (κ1) is 34.6. The lowest BCUT2D eigenvalue weighted by atomic mass is 9.89. The number of rotatable bonds is 13. The van der Waals surface area contributed by atoms with Gasteiger partial charge in [0, 0.05) is 61.5 Å². The van der Waals surface area contributed by atoms with E-state index in [9.17, 15) is 19.2 Å². The van der Waals surface area contributed by atoms with Gasteiger partial charge in [0.05, 0.1) is 27.0 Å². The van der Waals surface area contributed by atoms with Crippen LogP contribution in [0.3, 0.4) is 0 Å². The predicted octanol–water partition coefficient (Wildman–Crippen LogP) is 2.25. The molecular formula is C36H44N8O6. The summed E-state index contributed by atoms with van der Waals surface area (Å²) >= 11 is 0. The molecule has 0 saturated carbocycles. The van der Waals surface area contributed by atoms with E-state index in [1.54, 1.807) is 33.7 Å². The number of ether oxygens (including phenoxy) is 2. The van der Waals surface area contributed by atoms with Crippen LogP contribution in [0.5, 0.6) is 11.5 Å². The third-order valence-corrected chi connectivity index (χ3v) is 9.59. The Morgan fingerprint density at radius 2 is 1.74 bits per heavy atom. The zero-order valence-electron chi connectivity index (χ0n) is 28.6. The highest BCUT2D eigenvalue weighted by molar-refractivity contribution is 6.01. The fourth-order valence-corrected chi connectivity index (χ4v) is 6.79. The van der Waals surface area contributed by atoms with Crippen LogP contribution >= 0.6 is 0 Å². The lowest BCUT2D eigenvalue weighted by Crippen LogP contribution is -2.47. The molecule has 0 bridgehead atoms.